The fraction of sp³-hybridized carbons (Fsp3) is 0.280. The number of thioether (sulfide) groups is 1. The number of rotatable bonds is 7. The first kappa shape index (κ1) is 24.0. The van der Waals surface area contributed by atoms with Gasteiger partial charge in [0.25, 0.3) is 0 Å². The second-order valence-corrected chi connectivity index (χ2v) is 18.0. The van der Waals surface area contributed by atoms with E-state index < -0.39 is 5.31 Å². The molecule has 1 fully saturated rings. The molecule has 1 heterocycles. The maximum atomic E-state index is 4.55. The van der Waals surface area contributed by atoms with Crippen molar-refractivity contribution in [1.29, 1.82) is 0 Å². The molecule has 160 valence electrons. The van der Waals surface area contributed by atoms with Crippen molar-refractivity contribution >= 4 is 65.5 Å². The molecule has 0 amide bonds. The Morgan fingerprint density at radius 2 is 1.10 bits per heavy atom. The predicted molar refractivity (Wildman–Crippen MR) is 148 cm³/mol. The van der Waals surface area contributed by atoms with Gasteiger partial charge in [0.15, 0.2) is 0 Å². The van der Waals surface area contributed by atoms with Crippen LogP contribution in [0.2, 0.25) is 0 Å². The number of halogens is 2. The van der Waals surface area contributed by atoms with Crippen molar-refractivity contribution in [2.75, 3.05) is 37.3 Å². The van der Waals surface area contributed by atoms with Gasteiger partial charge in [0.2, 0.25) is 0 Å². The summed E-state index contributed by atoms with van der Waals surface area (Å²) >= 11 is 6.64. The first-order valence-electron chi connectivity index (χ1n) is 10.4. The SMILES string of the molecule is Br.BrP(CCCN1CCSCC1)(c1ccccc1)(c1ccccc1)c1ccccc1. The average molecular weight is 567 g/mol. The van der Waals surface area contributed by atoms with E-state index in [0.29, 0.717) is 0 Å². The van der Waals surface area contributed by atoms with E-state index in [1.54, 1.807) is 0 Å². The first-order chi connectivity index (χ1) is 14.2. The Bertz CT molecular complexity index is 803. The average Bonchev–Trinajstić information content (AvgIpc) is 2.81. The molecular formula is C25H30Br2NPS. The Balaban J connectivity index is 0.00000256. The van der Waals surface area contributed by atoms with E-state index in [4.69, 9.17) is 0 Å². The third-order valence-electron chi connectivity index (χ3n) is 6.04. The summed E-state index contributed by atoms with van der Waals surface area (Å²) in [6.45, 7) is 3.63. The molecular weight excluding hydrogens is 537 g/mol. The first-order valence-corrected chi connectivity index (χ1v) is 16.0. The molecule has 0 radical (unpaired) electrons. The fourth-order valence-corrected chi connectivity index (χ4v) is 13.1. The standard InChI is InChI=1S/C25H29BrNPS.BrH/c26-28(23-11-4-1-5-12-23,24-13-6-2-7-14-24,25-15-8-3-9-16-25)20-10-17-27-18-21-29-22-19-27;/h1-9,11-16H,10,17-22H2;1H. The van der Waals surface area contributed by atoms with Crippen LogP contribution in [0.3, 0.4) is 0 Å². The maximum absolute atomic E-state index is 4.55. The van der Waals surface area contributed by atoms with Crippen LogP contribution < -0.4 is 15.9 Å². The molecule has 0 unspecified atom stereocenters. The van der Waals surface area contributed by atoms with Crippen molar-refractivity contribution < 1.29 is 0 Å². The van der Waals surface area contributed by atoms with Crippen LogP contribution >= 0.6 is 49.5 Å². The van der Waals surface area contributed by atoms with Crippen molar-refractivity contribution in [2.24, 2.45) is 0 Å². The molecule has 1 aliphatic heterocycles. The third-order valence-corrected chi connectivity index (χ3v) is 17.0. The second kappa shape index (κ2) is 10.8. The molecule has 0 spiro atoms. The molecule has 0 atom stereocenters. The number of benzene rings is 3. The summed E-state index contributed by atoms with van der Waals surface area (Å²) in [4.78, 5) is 2.64. The minimum atomic E-state index is -2.74. The number of nitrogens with zero attached hydrogens (tertiary/aromatic N) is 1. The van der Waals surface area contributed by atoms with Crippen molar-refractivity contribution in [2.45, 2.75) is 6.42 Å². The summed E-state index contributed by atoms with van der Waals surface area (Å²) in [5.41, 5.74) is 0. The van der Waals surface area contributed by atoms with Crippen molar-refractivity contribution in [1.82, 2.24) is 4.90 Å². The monoisotopic (exact) mass is 565 g/mol. The van der Waals surface area contributed by atoms with Crippen LogP contribution in [-0.2, 0) is 0 Å². The molecule has 1 aliphatic rings. The van der Waals surface area contributed by atoms with Gasteiger partial charge in [-0.1, -0.05) is 0 Å². The van der Waals surface area contributed by atoms with Gasteiger partial charge in [-0.3, -0.25) is 0 Å². The summed E-state index contributed by atoms with van der Waals surface area (Å²) < 4.78 is 0. The van der Waals surface area contributed by atoms with Crippen LogP contribution in [0.15, 0.2) is 91.0 Å². The minimum absolute atomic E-state index is 0. The molecule has 0 bridgehead atoms. The Morgan fingerprint density at radius 1 is 0.700 bits per heavy atom. The molecule has 3 aromatic rings. The fourth-order valence-electron chi connectivity index (χ4n) is 4.47. The van der Waals surface area contributed by atoms with Gasteiger partial charge in [-0.2, -0.15) is 0 Å². The van der Waals surface area contributed by atoms with Crippen LogP contribution in [0.1, 0.15) is 6.42 Å². The van der Waals surface area contributed by atoms with E-state index in [9.17, 15) is 0 Å². The van der Waals surface area contributed by atoms with Gasteiger partial charge in [-0.25, -0.2) is 0 Å². The van der Waals surface area contributed by atoms with E-state index in [2.05, 4.69) is 123 Å². The predicted octanol–water partition coefficient (Wildman–Crippen LogP) is 5.84. The molecule has 0 aromatic heterocycles. The van der Waals surface area contributed by atoms with E-state index in [0.717, 1.165) is 6.16 Å². The van der Waals surface area contributed by atoms with Gasteiger partial charge in [-0.05, 0) is 0 Å². The molecule has 4 rings (SSSR count). The number of hydrogen-bond acceptors (Lipinski definition) is 2. The summed E-state index contributed by atoms with van der Waals surface area (Å²) in [6.07, 6.45) is 2.32. The molecule has 1 nitrogen and oxygen atoms in total. The summed E-state index contributed by atoms with van der Waals surface area (Å²) in [6, 6.07) is 33.4. The quantitative estimate of drug-likeness (QED) is 0.330. The summed E-state index contributed by atoms with van der Waals surface area (Å²) in [7, 11) is 0. The van der Waals surface area contributed by atoms with E-state index in [-0.39, 0.29) is 17.0 Å². The zero-order valence-corrected chi connectivity index (χ0v) is 22.2. The van der Waals surface area contributed by atoms with Gasteiger partial charge in [0.1, 0.15) is 0 Å². The Hall–Kier alpha value is -0.640. The molecule has 0 aliphatic carbocycles. The molecule has 0 saturated carbocycles. The van der Waals surface area contributed by atoms with E-state index in [1.807, 2.05) is 0 Å². The Morgan fingerprint density at radius 3 is 1.50 bits per heavy atom. The second-order valence-electron chi connectivity index (χ2n) is 7.72. The normalized spacial score (nSPS) is 16.2. The van der Waals surface area contributed by atoms with E-state index >= 15 is 0 Å². The van der Waals surface area contributed by atoms with E-state index in [1.165, 1.54) is 53.5 Å². The zero-order chi connectivity index (χ0) is 20.0. The van der Waals surface area contributed by atoms with Gasteiger partial charge in [-0.15, -0.1) is 17.0 Å². The molecule has 0 N–H and O–H groups in total. The van der Waals surface area contributed by atoms with Gasteiger partial charge in [0, 0.05) is 0 Å². The number of hydrogen-bond donors (Lipinski definition) is 0. The molecule has 1 saturated heterocycles. The Labute approximate surface area is 204 Å². The van der Waals surface area contributed by atoms with Crippen molar-refractivity contribution in [3.05, 3.63) is 91.0 Å². The van der Waals surface area contributed by atoms with Crippen molar-refractivity contribution in [3.63, 3.8) is 0 Å². The van der Waals surface area contributed by atoms with Gasteiger partial charge < -0.3 is 0 Å². The van der Waals surface area contributed by atoms with Crippen LogP contribution in [0.5, 0.6) is 0 Å². The van der Waals surface area contributed by atoms with Crippen LogP contribution in [0, 0.1) is 0 Å². The zero-order valence-electron chi connectivity index (χ0n) is 17.2. The topological polar surface area (TPSA) is 3.24 Å². The Kier molecular flexibility index (Phi) is 8.63. The van der Waals surface area contributed by atoms with Crippen LogP contribution in [0.4, 0.5) is 0 Å². The van der Waals surface area contributed by atoms with Crippen molar-refractivity contribution in [3.8, 4) is 0 Å². The van der Waals surface area contributed by atoms with Gasteiger partial charge >= 0.3 is 188 Å². The van der Waals surface area contributed by atoms with Gasteiger partial charge in [0.05, 0.1) is 0 Å². The third kappa shape index (κ3) is 4.74. The molecule has 5 heteroatoms. The summed E-state index contributed by atoms with van der Waals surface area (Å²) in [5, 5.41) is 1.52. The molecule has 3 aromatic carbocycles. The van der Waals surface area contributed by atoms with Crippen LogP contribution in [0.25, 0.3) is 0 Å². The van der Waals surface area contributed by atoms with Crippen LogP contribution in [-0.4, -0.2) is 42.2 Å². The molecule has 30 heavy (non-hydrogen) atoms. The summed E-state index contributed by atoms with van der Waals surface area (Å²) in [5.74, 6) is 2.54.